The predicted octanol–water partition coefficient (Wildman–Crippen LogP) is 1.36. The zero-order chi connectivity index (χ0) is 11.4. The van der Waals surface area contributed by atoms with Gasteiger partial charge in [0.25, 0.3) is 0 Å². The molecule has 0 radical (unpaired) electrons. The lowest BCUT2D eigenvalue weighted by atomic mass is 10.1. The van der Waals surface area contributed by atoms with Crippen molar-refractivity contribution in [1.29, 1.82) is 0 Å². The zero-order valence-electron chi connectivity index (χ0n) is 8.81. The SMILES string of the molecule is CNC(Cc1ccncc1Cl)c1cn[nH]n1. The van der Waals surface area contributed by atoms with E-state index in [4.69, 9.17) is 11.6 Å². The minimum atomic E-state index is 0.0960. The maximum atomic E-state index is 6.05. The van der Waals surface area contributed by atoms with Gasteiger partial charge in [-0.2, -0.15) is 15.4 Å². The number of likely N-dealkylation sites (N-methyl/N-ethyl adjacent to an activating group) is 1. The van der Waals surface area contributed by atoms with Crippen molar-refractivity contribution in [2.75, 3.05) is 7.05 Å². The van der Waals surface area contributed by atoms with E-state index >= 15 is 0 Å². The molecule has 0 bridgehead atoms. The second-order valence-corrected chi connectivity index (χ2v) is 3.81. The molecular weight excluding hydrogens is 226 g/mol. The Hall–Kier alpha value is -1.46. The number of hydrogen-bond acceptors (Lipinski definition) is 4. The molecule has 0 aromatic carbocycles. The highest BCUT2D eigenvalue weighted by atomic mass is 35.5. The van der Waals surface area contributed by atoms with Gasteiger partial charge >= 0.3 is 0 Å². The van der Waals surface area contributed by atoms with E-state index < -0.39 is 0 Å². The van der Waals surface area contributed by atoms with Crippen LogP contribution < -0.4 is 5.32 Å². The van der Waals surface area contributed by atoms with Crippen LogP contribution in [0.5, 0.6) is 0 Å². The molecule has 2 rings (SSSR count). The van der Waals surface area contributed by atoms with Crippen LogP contribution in [0.1, 0.15) is 17.3 Å². The number of aromatic nitrogens is 4. The molecule has 1 unspecified atom stereocenters. The third-order valence-corrected chi connectivity index (χ3v) is 2.76. The normalized spacial score (nSPS) is 12.6. The fraction of sp³-hybridized carbons (Fsp3) is 0.300. The molecule has 2 aromatic heterocycles. The van der Waals surface area contributed by atoms with Gasteiger partial charge in [0.15, 0.2) is 0 Å². The zero-order valence-corrected chi connectivity index (χ0v) is 9.57. The summed E-state index contributed by atoms with van der Waals surface area (Å²) in [6, 6.07) is 2.01. The molecule has 84 valence electrons. The van der Waals surface area contributed by atoms with E-state index in [1.807, 2.05) is 13.1 Å². The lowest BCUT2D eigenvalue weighted by Crippen LogP contribution is -2.19. The van der Waals surface area contributed by atoms with Crippen LogP contribution in [-0.4, -0.2) is 27.4 Å². The van der Waals surface area contributed by atoms with E-state index in [1.54, 1.807) is 18.6 Å². The van der Waals surface area contributed by atoms with Crippen LogP contribution in [0, 0.1) is 0 Å². The van der Waals surface area contributed by atoms with Gasteiger partial charge < -0.3 is 5.32 Å². The van der Waals surface area contributed by atoms with Gasteiger partial charge in [-0.3, -0.25) is 4.98 Å². The molecule has 2 heterocycles. The summed E-state index contributed by atoms with van der Waals surface area (Å²) in [7, 11) is 1.88. The number of H-pyrrole nitrogens is 1. The van der Waals surface area contributed by atoms with E-state index in [1.165, 1.54) is 0 Å². The van der Waals surface area contributed by atoms with Crippen LogP contribution in [-0.2, 0) is 6.42 Å². The Kier molecular flexibility index (Phi) is 3.48. The molecule has 0 fully saturated rings. The maximum absolute atomic E-state index is 6.05. The second kappa shape index (κ2) is 5.05. The Morgan fingerprint density at radius 1 is 1.50 bits per heavy atom. The van der Waals surface area contributed by atoms with Crippen molar-refractivity contribution >= 4 is 11.6 Å². The maximum Gasteiger partial charge on any atom is 0.0997 e. The van der Waals surface area contributed by atoms with Crippen LogP contribution in [0.4, 0.5) is 0 Å². The van der Waals surface area contributed by atoms with Crippen molar-refractivity contribution in [1.82, 2.24) is 25.7 Å². The first-order valence-corrected chi connectivity index (χ1v) is 5.30. The van der Waals surface area contributed by atoms with Crippen LogP contribution in [0.15, 0.2) is 24.7 Å². The summed E-state index contributed by atoms with van der Waals surface area (Å²) in [6.07, 6.45) is 5.84. The van der Waals surface area contributed by atoms with Gasteiger partial charge in [-0.05, 0) is 25.1 Å². The molecule has 16 heavy (non-hydrogen) atoms. The largest absolute Gasteiger partial charge is 0.311 e. The molecule has 5 nitrogen and oxygen atoms in total. The van der Waals surface area contributed by atoms with Gasteiger partial charge in [-0.1, -0.05) is 11.6 Å². The fourth-order valence-corrected chi connectivity index (χ4v) is 1.72. The van der Waals surface area contributed by atoms with Crippen molar-refractivity contribution in [3.8, 4) is 0 Å². The van der Waals surface area contributed by atoms with E-state index in [0.29, 0.717) is 5.02 Å². The number of pyridine rings is 1. The van der Waals surface area contributed by atoms with Gasteiger partial charge in [-0.25, -0.2) is 0 Å². The quantitative estimate of drug-likeness (QED) is 0.843. The number of nitrogens with one attached hydrogen (secondary N) is 2. The molecule has 2 aromatic rings. The summed E-state index contributed by atoms with van der Waals surface area (Å²) in [5.41, 5.74) is 1.91. The van der Waals surface area contributed by atoms with Crippen molar-refractivity contribution in [2.24, 2.45) is 0 Å². The summed E-state index contributed by atoms with van der Waals surface area (Å²) in [6.45, 7) is 0. The van der Waals surface area contributed by atoms with Crippen LogP contribution >= 0.6 is 11.6 Å². The Morgan fingerprint density at radius 3 is 3.00 bits per heavy atom. The summed E-state index contributed by atoms with van der Waals surface area (Å²) < 4.78 is 0. The number of rotatable bonds is 4. The topological polar surface area (TPSA) is 66.5 Å². The van der Waals surface area contributed by atoms with Crippen LogP contribution in [0.3, 0.4) is 0 Å². The Morgan fingerprint density at radius 2 is 2.38 bits per heavy atom. The van der Waals surface area contributed by atoms with Gasteiger partial charge in [0.2, 0.25) is 0 Å². The molecule has 0 aliphatic carbocycles. The molecular formula is C10H12ClN5. The number of nitrogens with zero attached hydrogens (tertiary/aromatic N) is 3. The van der Waals surface area contributed by atoms with Gasteiger partial charge in [0.05, 0.1) is 23.0 Å². The lowest BCUT2D eigenvalue weighted by molar-refractivity contribution is 0.574. The van der Waals surface area contributed by atoms with Gasteiger partial charge in [0, 0.05) is 12.4 Å². The smallest absolute Gasteiger partial charge is 0.0997 e. The highest BCUT2D eigenvalue weighted by Gasteiger charge is 2.14. The highest BCUT2D eigenvalue weighted by molar-refractivity contribution is 6.31. The van der Waals surface area contributed by atoms with E-state index in [-0.39, 0.29) is 6.04 Å². The van der Waals surface area contributed by atoms with Crippen molar-refractivity contribution in [3.63, 3.8) is 0 Å². The average molecular weight is 238 g/mol. The Balaban J connectivity index is 2.17. The molecule has 0 amide bonds. The van der Waals surface area contributed by atoms with Crippen LogP contribution in [0.25, 0.3) is 0 Å². The first kappa shape index (κ1) is 11.0. The number of halogens is 1. The summed E-state index contributed by atoms with van der Waals surface area (Å²) in [5, 5.41) is 14.3. The molecule has 6 heteroatoms. The van der Waals surface area contributed by atoms with E-state index in [2.05, 4.69) is 25.7 Å². The average Bonchev–Trinajstić information content (AvgIpc) is 2.81. The first-order valence-electron chi connectivity index (χ1n) is 4.92. The molecule has 1 atom stereocenters. The third kappa shape index (κ3) is 2.37. The monoisotopic (exact) mass is 237 g/mol. The number of aromatic amines is 1. The molecule has 2 N–H and O–H groups in total. The lowest BCUT2D eigenvalue weighted by Gasteiger charge is -2.13. The van der Waals surface area contributed by atoms with Gasteiger partial charge in [-0.15, -0.1) is 0 Å². The van der Waals surface area contributed by atoms with E-state index in [9.17, 15) is 0 Å². The minimum absolute atomic E-state index is 0.0960. The molecule has 0 spiro atoms. The fourth-order valence-electron chi connectivity index (χ4n) is 1.52. The third-order valence-electron chi connectivity index (χ3n) is 2.42. The summed E-state index contributed by atoms with van der Waals surface area (Å²) >= 11 is 6.05. The van der Waals surface area contributed by atoms with Crippen molar-refractivity contribution in [2.45, 2.75) is 12.5 Å². The predicted molar refractivity (Wildman–Crippen MR) is 61.1 cm³/mol. The van der Waals surface area contributed by atoms with Crippen molar-refractivity contribution in [3.05, 3.63) is 40.9 Å². The highest BCUT2D eigenvalue weighted by Crippen LogP contribution is 2.20. The Bertz CT molecular complexity index is 442. The first-order chi connectivity index (χ1) is 7.81. The molecule has 0 saturated heterocycles. The second-order valence-electron chi connectivity index (χ2n) is 3.41. The van der Waals surface area contributed by atoms with Crippen LogP contribution in [0.2, 0.25) is 5.02 Å². The standard InChI is InChI=1S/C10H12ClN5/c1-12-9(10-6-14-16-15-10)4-7-2-3-13-5-8(7)11/h2-3,5-6,9,12H,4H2,1H3,(H,14,15,16). The molecule has 0 saturated carbocycles. The molecule has 0 aliphatic heterocycles. The summed E-state index contributed by atoms with van der Waals surface area (Å²) in [5.74, 6) is 0. The minimum Gasteiger partial charge on any atom is -0.311 e. The summed E-state index contributed by atoms with van der Waals surface area (Å²) in [4.78, 5) is 3.95. The van der Waals surface area contributed by atoms with Gasteiger partial charge in [0.1, 0.15) is 0 Å². The number of hydrogen-bond donors (Lipinski definition) is 2. The Labute approximate surface area is 98.2 Å². The van der Waals surface area contributed by atoms with Crippen molar-refractivity contribution < 1.29 is 0 Å². The molecule has 0 aliphatic rings. The van der Waals surface area contributed by atoms with E-state index in [0.717, 1.165) is 17.7 Å².